The fourth-order valence-electron chi connectivity index (χ4n) is 2.44. The van der Waals surface area contributed by atoms with Crippen molar-refractivity contribution >= 4 is 29.9 Å². The Hall–Kier alpha value is -1.26. The Kier molecular flexibility index (Phi) is 8.57. The number of aliphatic imine (C=N–C) groups is 1. The molecule has 1 heterocycles. The van der Waals surface area contributed by atoms with Crippen molar-refractivity contribution in [1.82, 2.24) is 15.6 Å². The van der Waals surface area contributed by atoms with Crippen LogP contribution in [0.1, 0.15) is 31.2 Å². The van der Waals surface area contributed by atoms with Crippen molar-refractivity contribution in [2.75, 3.05) is 13.7 Å². The van der Waals surface area contributed by atoms with Crippen LogP contribution in [-0.4, -0.2) is 36.8 Å². The number of aromatic nitrogens is 1. The van der Waals surface area contributed by atoms with E-state index in [0.29, 0.717) is 18.5 Å². The van der Waals surface area contributed by atoms with Crippen molar-refractivity contribution in [3.8, 4) is 5.88 Å². The second kappa shape index (κ2) is 9.90. The smallest absolute Gasteiger partial charge is 0.422 e. The van der Waals surface area contributed by atoms with Gasteiger partial charge in [0.25, 0.3) is 0 Å². The SMILES string of the molecule is CN=C(NCc1ccnc(OCC(F)(F)F)c1)NC1CCCC1.I. The number of pyridine rings is 1. The van der Waals surface area contributed by atoms with Gasteiger partial charge in [-0.1, -0.05) is 12.8 Å². The highest BCUT2D eigenvalue weighted by Crippen LogP contribution is 2.18. The molecule has 0 unspecified atom stereocenters. The number of rotatable bonds is 5. The second-order valence-corrected chi connectivity index (χ2v) is 5.46. The molecule has 1 aliphatic carbocycles. The van der Waals surface area contributed by atoms with Crippen molar-refractivity contribution in [2.45, 2.75) is 44.4 Å². The van der Waals surface area contributed by atoms with Crippen LogP contribution in [0.3, 0.4) is 0 Å². The Labute approximate surface area is 156 Å². The average Bonchev–Trinajstić information content (AvgIpc) is 3.02. The topological polar surface area (TPSA) is 58.5 Å². The lowest BCUT2D eigenvalue weighted by Gasteiger charge is -2.17. The zero-order valence-corrected chi connectivity index (χ0v) is 15.7. The molecule has 1 saturated carbocycles. The van der Waals surface area contributed by atoms with Gasteiger partial charge in [-0.3, -0.25) is 4.99 Å². The molecular formula is C15H22F3IN4O. The van der Waals surface area contributed by atoms with E-state index in [-0.39, 0.29) is 29.9 Å². The number of halogens is 4. The van der Waals surface area contributed by atoms with Gasteiger partial charge < -0.3 is 15.4 Å². The molecule has 2 N–H and O–H groups in total. The van der Waals surface area contributed by atoms with E-state index in [0.717, 1.165) is 18.4 Å². The normalized spacial score (nSPS) is 15.8. The fourth-order valence-corrected chi connectivity index (χ4v) is 2.44. The lowest BCUT2D eigenvalue weighted by molar-refractivity contribution is -0.154. The van der Waals surface area contributed by atoms with Gasteiger partial charge >= 0.3 is 6.18 Å². The first-order valence-corrected chi connectivity index (χ1v) is 7.58. The third-order valence-corrected chi connectivity index (χ3v) is 3.56. The van der Waals surface area contributed by atoms with Crippen molar-refractivity contribution in [3.05, 3.63) is 23.9 Å². The second-order valence-electron chi connectivity index (χ2n) is 5.46. The lowest BCUT2D eigenvalue weighted by atomic mass is 10.2. The molecule has 24 heavy (non-hydrogen) atoms. The quantitative estimate of drug-likeness (QED) is 0.404. The van der Waals surface area contributed by atoms with Gasteiger partial charge in [-0.2, -0.15) is 13.2 Å². The minimum absolute atomic E-state index is 0. The van der Waals surface area contributed by atoms with Gasteiger partial charge in [0.2, 0.25) is 5.88 Å². The zero-order valence-electron chi connectivity index (χ0n) is 13.4. The molecule has 1 aromatic heterocycles. The number of ether oxygens (including phenoxy) is 1. The predicted octanol–water partition coefficient (Wildman–Crippen LogP) is 3.25. The van der Waals surface area contributed by atoms with E-state index in [1.807, 2.05) is 0 Å². The lowest BCUT2D eigenvalue weighted by Crippen LogP contribution is -2.41. The summed E-state index contributed by atoms with van der Waals surface area (Å²) in [5.74, 6) is 0.645. The number of hydrogen-bond acceptors (Lipinski definition) is 3. The molecule has 0 aromatic carbocycles. The summed E-state index contributed by atoms with van der Waals surface area (Å²) in [5.41, 5.74) is 0.770. The molecule has 1 aromatic rings. The van der Waals surface area contributed by atoms with Crippen molar-refractivity contribution in [1.29, 1.82) is 0 Å². The largest absolute Gasteiger partial charge is 0.468 e. The Balaban J connectivity index is 0.00000288. The fraction of sp³-hybridized carbons (Fsp3) is 0.600. The molecule has 2 rings (SSSR count). The van der Waals surface area contributed by atoms with E-state index in [9.17, 15) is 13.2 Å². The van der Waals surface area contributed by atoms with Gasteiger partial charge in [0.15, 0.2) is 12.6 Å². The number of alkyl halides is 3. The summed E-state index contributed by atoms with van der Waals surface area (Å²) >= 11 is 0. The van der Waals surface area contributed by atoms with Gasteiger partial charge in [-0.05, 0) is 24.5 Å². The van der Waals surface area contributed by atoms with Gasteiger partial charge in [-0.15, -0.1) is 24.0 Å². The van der Waals surface area contributed by atoms with E-state index >= 15 is 0 Å². The van der Waals surface area contributed by atoms with Crippen molar-refractivity contribution < 1.29 is 17.9 Å². The highest BCUT2D eigenvalue weighted by molar-refractivity contribution is 14.0. The Morgan fingerprint density at radius 3 is 2.71 bits per heavy atom. The highest BCUT2D eigenvalue weighted by Gasteiger charge is 2.28. The molecule has 0 atom stereocenters. The Bertz CT molecular complexity index is 534. The first-order chi connectivity index (χ1) is 11.0. The maximum absolute atomic E-state index is 12.1. The summed E-state index contributed by atoms with van der Waals surface area (Å²) < 4.78 is 41.1. The first kappa shape index (κ1) is 20.8. The molecule has 1 aliphatic rings. The van der Waals surface area contributed by atoms with Crippen LogP contribution in [0.2, 0.25) is 0 Å². The third kappa shape index (κ3) is 7.54. The molecule has 1 fully saturated rings. The Morgan fingerprint density at radius 2 is 2.08 bits per heavy atom. The summed E-state index contributed by atoms with van der Waals surface area (Å²) in [6, 6.07) is 3.64. The third-order valence-electron chi connectivity index (χ3n) is 3.56. The molecule has 0 saturated heterocycles. The van der Waals surface area contributed by atoms with Crippen LogP contribution >= 0.6 is 24.0 Å². The maximum atomic E-state index is 12.1. The first-order valence-electron chi connectivity index (χ1n) is 7.58. The highest BCUT2D eigenvalue weighted by atomic mass is 127. The number of nitrogens with zero attached hydrogens (tertiary/aromatic N) is 2. The minimum Gasteiger partial charge on any atom is -0.468 e. The summed E-state index contributed by atoms with van der Waals surface area (Å²) in [6.45, 7) is -0.918. The molecule has 0 aliphatic heterocycles. The summed E-state index contributed by atoms with van der Waals surface area (Å²) in [5, 5.41) is 6.48. The van der Waals surface area contributed by atoms with Crippen LogP contribution in [0.5, 0.6) is 5.88 Å². The van der Waals surface area contributed by atoms with Crippen molar-refractivity contribution in [3.63, 3.8) is 0 Å². The average molecular weight is 458 g/mol. The van der Waals surface area contributed by atoms with Gasteiger partial charge in [-0.25, -0.2) is 4.98 Å². The predicted molar refractivity (Wildman–Crippen MR) is 96.8 cm³/mol. The molecule has 5 nitrogen and oxygen atoms in total. The van der Waals surface area contributed by atoms with E-state index in [1.165, 1.54) is 25.1 Å². The van der Waals surface area contributed by atoms with E-state index in [2.05, 4.69) is 25.3 Å². The minimum atomic E-state index is -4.37. The maximum Gasteiger partial charge on any atom is 0.422 e. The zero-order chi connectivity index (χ0) is 16.7. The molecule has 0 spiro atoms. The van der Waals surface area contributed by atoms with Crippen LogP contribution in [-0.2, 0) is 6.54 Å². The molecule has 136 valence electrons. The van der Waals surface area contributed by atoms with Gasteiger partial charge in [0, 0.05) is 31.9 Å². The summed E-state index contributed by atoms with van der Waals surface area (Å²) in [4.78, 5) is 7.93. The molecular weight excluding hydrogens is 436 g/mol. The molecule has 0 bridgehead atoms. The van der Waals surface area contributed by atoms with Crippen LogP contribution in [0.4, 0.5) is 13.2 Å². The van der Waals surface area contributed by atoms with Gasteiger partial charge in [0.05, 0.1) is 0 Å². The monoisotopic (exact) mass is 458 g/mol. The van der Waals surface area contributed by atoms with Gasteiger partial charge in [0.1, 0.15) is 0 Å². The van der Waals surface area contributed by atoms with E-state index in [4.69, 9.17) is 0 Å². The standard InChI is InChI=1S/C15H21F3N4O.HI/c1-19-14(22-12-4-2-3-5-12)21-9-11-6-7-20-13(8-11)23-10-15(16,17)18;/h6-8,12H,2-5,9-10H2,1H3,(H2,19,21,22);1H. The molecule has 0 radical (unpaired) electrons. The van der Waals surface area contributed by atoms with Crippen molar-refractivity contribution in [2.24, 2.45) is 4.99 Å². The van der Waals surface area contributed by atoms with Crippen LogP contribution in [0, 0.1) is 0 Å². The number of guanidine groups is 1. The summed E-state index contributed by atoms with van der Waals surface area (Å²) in [6.07, 6.45) is 1.76. The Morgan fingerprint density at radius 1 is 1.38 bits per heavy atom. The van der Waals surface area contributed by atoms with Crippen LogP contribution < -0.4 is 15.4 Å². The van der Waals surface area contributed by atoms with Crippen LogP contribution in [0.25, 0.3) is 0 Å². The molecule has 0 amide bonds. The van der Waals surface area contributed by atoms with E-state index in [1.54, 1.807) is 13.1 Å². The number of hydrogen-bond donors (Lipinski definition) is 2. The van der Waals surface area contributed by atoms with E-state index < -0.39 is 12.8 Å². The molecule has 9 heteroatoms. The van der Waals surface area contributed by atoms with Crippen LogP contribution in [0.15, 0.2) is 23.3 Å². The number of nitrogens with one attached hydrogen (secondary N) is 2. The summed E-state index contributed by atoms with van der Waals surface area (Å²) in [7, 11) is 1.69.